The van der Waals surface area contributed by atoms with Gasteiger partial charge in [-0.15, -0.1) is 11.3 Å². The molecule has 3 rings (SSSR count). The zero-order valence-electron chi connectivity index (χ0n) is 14.6. The number of nitrogens with zero attached hydrogens (tertiary/aromatic N) is 1. The second-order valence-electron chi connectivity index (χ2n) is 5.46. The number of hydrogen-bond donors (Lipinski definition) is 1. The number of hydrogen-bond acceptors (Lipinski definition) is 7. The maximum absolute atomic E-state index is 12.0. The molecule has 3 aromatic rings. The predicted octanol–water partition coefficient (Wildman–Crippen LogP) is 3.28. The number of nitrogens with one attached hydrogen (secondary N) is 1. The Labute approximate surface area is 159 Å². The van der Waals surface area contributed by atoms with Crippen LogP contribution in [0.1, 0.15) is 23.0 Å². The van der Waals surface area contributed by atoms with E-state index in [2.05, 4.69) is 10.5 Å². The summed E-state index contributed by atoms with van der Waals surface area (Å²) < 4.78 is 15.6. The van der Waals surface area contributed by atoms with Crippen molar-refractivity contribution >= 4 is 23.2 Å². The van der Waals surface area contributed by atoms with Crippen molar-refractivity contribution in [1.29, 1.82) is 0 Å². The number of ether oxygens (including phenoxy) is 2. The summed E-state index contributed by atoms with van der Waals surface area (Å²) >= 11 is 1.53. The molecule has 0 unspecified atom stereocenters. The van der Waals surface area contributed by atoms with Gasteiger partial charge in [-0.2, -0.15) is 0 Å². The van der Waals surface area contributed by atoms with Crippen molar-refractivity contribution in [2.45, 2.75) is 13.5 Å². The first-order chi connectivity index (χ1) is 13.2. The summed E-state index contributed by atoms with van der Waals surface area (Å²) in [4.78, 5) is 24.8. The van der Waals surface area contributed by atoms with Crippen molar-refractivity contribution < 1.29 is 23.6 Å². The highest BCUT2D eigenvalue weighted by atomic mass is 32.1. The molecule has 0 aliphatic carbocycles. The van der Waals surface area contributed by atoms with Crippen molar-refractivity contribution in [2.24, 2.45) is 0 Å². The van der Waals surface area contributed by atoms with Crippen LogP contribution in [-0.4, -0.2) is 30.2 Å². The van der Waals surface area contributed by atoms with Crippen LogP contribution in [0.5, 0.6) is 5.75 Å². The van der Waals surface area contributed by atoms with Crippen LogP contribution < -0.4 is 10.1 Å². The minimum Gasteiger partial charge on any atom is -0.494 e. The van der Waals surface area contributed by atoms with Gasteiger partial charge in [0.05, 0.1) is 11.5 Å². The molecular formula is C19H18N2O5S. The van der Waals surface area contributed by atoms with E-state index in [1.165, 1.54) is 11.3 Å². The normalized spacial score (nSPS) is 10.4. The van der Waals surface area contributed by atoms with Crippen molar-refractivity contribution in [3.63, 3.8) is 0 Å². The van der Waals surface area contributed by atoms with Gasteiger partial charge in [-0.05, 0) is 42.6 Å². The quantitative estimate of drug-likeness (QED) is 0.598. The molecule has 2 aromatic heterocycles. The molecule has 27 heavy (non-hydrogen) atoms. The zero-order chi connectivity index (χ0) is 19.1. The predicted molar refractivity (Wildman–Crippen MR) is 99.6 cm³/mol. The minimum absolute atomic E-state index is 0.0212. The van der Waals surface area contributed by atoms with E-state index in [0.717, 1.165) is 4.88 Å². The summed E-state index contributed by atoms with van der Waals surface area (Å²) in [5.74, 6) is 0.384. The van der Waals surface area contributed by atoms with Crippen LogP contribution in [0.15, 0.2) is 52.4 Å². The average molecular weight is 386 g/mol. The lowest BCUT2D eigenvalue weighted by Crippen LogP contribution is -2.30. The first-order valence-corrected chi connectivity index (χ1v) is 9.20. The lowest BCUT2D eigenvalue weighted by molar-refractivity contribution is -0.143. The number of esters is 1. The van der Waals surface area contributed by atoms with Crippen LogP contribution in [0, 0.1) is 0 Å². The highest BCUT2D eigenvalue weighted by Gasteiger charge is 2.12. The SMILES string of the molecule is CCOc1ccc(C(=O)NCC(=O)OCc2cc(-c3cccs3)on2)cc1. The third kappa shape index (κ3) is 5.18. The second kappa shape index (κ2) is 9.00. The highest BCUT2D eigenvalue weighted by molar-refractivity contribution is 7.13. The molecule has 0 spiro atoms. The van der Waals surface area contributed by atoms with E-state index in [9.17, 15) is 9.59 Å². The Kier molecular flexibility index (Phi) is 6.22. The third-order valence-corrected chi connectivity index (χ3v) is 4.41. The fourth-order valence-electron chi connectivity index (χ4n) is 2.24. The van der Waals surface area contributed by atoms with Crippen LogP contribution in [0.25, 0.3) is 10.6 Å². The summed E-state index contributed by atoms with van der Waals surface area (Å²) in [6, 6.07) is 12.2. The van der Waals surface area contributed by atoms with Crippen LogP contribution >= 0.6 is 11.3 Å². The van der Waals surface area contributed by atoms with E-state index in [1.807, 2.05) is 24.4 Å². The molecule has 0 radical (unpaired) electrons. The summed E-state index contributed by atoms with van der Waals surface area (Å²) in [6.45, 7) is 2.18. The Balaban J connectivity index is 1.43. The van der Waals surface area contributed by atoms with E-state index < -0.39 is 5.97 Å². The number of aromatic nitrogens is 1. The molecule has 0 bridgehead atoms. The zero-order valence-corrected chi connectivity index (χ0v) is 15.5. The lowest BCUT2D eigenvalue weighted by Gasteiger charge is -2.06. The summed E-state index contributed by atoms with van der Waals surface area (Å²) in [6.07, 6.45) is 0. The van der Waals surface area contributed by atoms with Gasteiger partial charge in [0, 0.05) is 11.6 Å². The summed E-state index contributed by atoms with van der Waals surface area (Å²) in [5.41, 5.74) is 0.938. The number of carbonyl (C=O) groups excluding carboxylic acids is 2. The number of thiophene rings is 1. The summed E-state index contributed by atoms with van der Waals surface area (Å²) in [5, 5.41) is 8.32. The fraction of sp³-hybridized carbons (Fsp3) is 0.211. The van der Waals surface area contributed by atoms with Gasteiger partial charge in [-0.3, -0.25) is 9.59 Å². The van der Waals surface area contributed by atoms with Crippen molar-refractivity contribution in [3.8, 4) is 16.4 Å². The summed E-state index contributed by atoms with van der Waals surface area (Å²) in [7, 11) is 0. The molecule has 0 atom stereocenters. The molecule has 1 N–H and O–H groups in total. The molecule has 140 valence electrons. The monoisotopic (exact) mass is 386 g/mol. The van der Waals surface area contributed by atoms with Gasteiger partial charge in [-0.1, -0.05) is 11.2 Å². The first-order valence-electron chi connectivity index (χ1n) is 8.32. The van der Waals surface area contributed by atoms with E-state index >= 15 is 0 Å². The molecule has 1 aromatic carbocycles. The van der Waals surface area contributed by atoms with E-state index in [-0.39, 0.29) is 19.1 Å². The van der Waals surface area contributed by atoms with E-state index in [1.54, 1.807) is 30.3 Å². The molecule has 8 heteroatoms. The molecule has 0 fully saturated rings. The average Bonchev–Trinajstić information content (AvgIpc) is 3.37. The van der Waals surface area contributed by atoms with Gasteiger partial charge in [0.2, 0.25) is 0 Å². The van der Waals surface area contributed by atoms with Gasteiger partial charge in [-0.25, -0.2) is 0 Å². The maximum atomic E-state index is 12.0. The Hall–Kier alpha value is -3.13. The maximum Gasteiger partial charge on any atom is 0.325 e. The molecule has 0 aliphatic rings. The van der Waals surface area contributed by atoms with Crippen LogP contribution in [0.4, 0.5) is 0 Å². The fourth-order valence-corrected chi connectivity index (χ4v) is 2.92. The van der Waals surface area contributed by atoms with Crippen LogP contribution in [0.2, 0.25) is 0 Å². The lowest BCUT2D eigenvalue weighted by atomic mass is 10.2. The van der Waals surface area contributed by atoms with E-state index in [0.29, 0.717) is 29.4 Å². The van der Waals surface area contributed by atoms with Crippen LogP contribution in [0.3, 0.4) is 0 Å². The van der Waals surface area contributed by atoms with Gasteiger partial charge < -0.3 is 19.3 Å². The van der Waals surface area contributed by atoms with Crippen molar-refractivity contribution in [2.75, 3.05) is 13.2 Å². The number of amides is 1. The number of carbonyl (C=O) groups is 2. The molecule has 7 nitrogen and oxygen atoms in total. The Morgan fingerprint density at radius 1 is 1.22 bits per heavy atom. The van der Waals surface area contributed by atoms with E-state index in [4.69, 9.17) is 14.0 Å². The molecule has 0 saturated carbocycles. The molecule has 0 aliphatic heterocycles. The Bertz CT molecular complexity index is 887. The Morgan fingerprint density at radius 2 is 2.04 bits per heavy atom. The number of rotatable bonds is 8. The minimum atomic E-state index is -0.560. The van der Waals surface area contributed by atoms with Crippen LogP contribution in [-0.2, 0) is 16.1 Å². The first kappa shape index (κ1) is 18.7. The largest absolute Gasteiger partial charge is 0.494 e. The standard InChI is InChI=1S/C19H18N2O5S/c1-2-24-15-7-5-13(6-8-15)19(23)20-11-18(22)25-12-14-10-16(26-21-14)17-4-3-9-27-17/h3-10H,2,11-12H2,1H3,(H,20,23). The van der Waals surface area contributed by atoms with Gasteiger partial charge in [0.15, 0.2) is 5.76 Å². The van der Waals surface area contributed by atoms with Gasteiger partial charge >= 0.3 is 5.97 Å². The molecular weight excluding hydrogens is 368 g/mol. The molecule has 1 amide bonds. The Morgan fingerprint density at radius 3 is 2.74 bits per heavy atom. The molecule has 2 heterocycles. The van der Waals surface area contributed by atoms with Crippen molar-refractivity contribution in [3.05, 3.63) is 59.1 Å². The third-order valence-electron chi connectivity index (χ3n) is 3.52. The van der Waals surface area contributed by atoms with Gasteiger partial charge in [0.25, 0.3) is 5.91 Å². The van der Waals surface area contributed by atoms with Gasteiger partial charge in [0.1, 0.15) is 24.6 Å². The van der Waals surface area contributed by atoms with Crippen molar-refractivity contribution in [1.82, 2.24) is 10.5 Å². The molecule has 0 saturated heterocycles. The number of benzene rings is 1. The highest BCUT2D eigenvalue weighted by Crippen LogP contribution is 2.25. The topological polar surface area (TPSA) is 90.7 Å². The smallest absolute Gasteiger partial charge is 0.325 e. The second-order valence-corrected chi connectivity index (χ2v) is 6.41.